The summed E-state index contributed by atoms with van der Waals surface area (Å²) in [5, 5.41) is 5.36. The van der Waals surface area contributed by atoms with Gasteiger partial charge in [0.05, 0.1) is 6.54 Å². The third-order valence-electron chi connectivity index (χ3n) is 5.17. The summed E-state index contributed by atoms with van der Waals surface area (Å²) in [5.74, 6) is -2.58. The van der Waals surface area contributed by atoms with Crippen LogP contribution in [0.15, 0.2) is 24.3 Å². The Kier molecular flexibility index (Phi) is 5.36. The standard InChI is InChI=1S/C21H28N2O7/c1-11-6-8-12(9-7-11)23-13(24)10-22-18(25)16-14-15(28-20(2,3)27-14)17-19(26-16)30-21(4,5)29-17/h6-9,14-17,19H,10H2,1-5H3,(H,22,25)(H,23,24)/t14-,15-,16-,17-,19+/m0/s1. The second-order valence-electron chi connectivity index (χ2n) is 8.72. The molecule has 2 amide bonds. The molecule has 5 atom stereocenters. The number of carbonyl (C=O) groups excluding carboxylic acids is 2. The van der Waals surface area contributed by atoms with Gasteiger partial charge in [-0.2, -0.15) is 0 Å². The van der Waals surface area contributed by atoms with Gasteiger partial charge in [0.2, 0.25) is 5.91 Å². The largest absolute Gasteiger partial charge is 0.345 e. The summed E-state index contributed by atoms with van der Waals surface area (Å²) in [6, 6.07) is 7.39. The van der Waals surface area contributed by atoms with Crippen LogP contribution < -0.4 is 10.6 Å². The van der Waals surface area contributed by atoms with Crippen molar-refractivity contribution >= 4 is 17.5 Å². The normalized spacial score (nSPS) is 33.4. The highest BCUT2D eigenvalue weighted by Gasteiger charge is 2.62. The quantitative estimate of drug-likeness (QED) is 0.760. The Hall–Kier alpha value is -2.04. The average Bonchev–Trinajstić information content (AvgIpc) is 3.14. The smallest absolute Gasteiger partial charge is 0.252 e. The second kappa shape index (κ2) is 7.58. The maximum atomic E-state index is 12.9. The van der Waals surface area contributed by atoms with Gasteiger partial charge in [-0.3, -0.25) is 9.59 Å². The fraction of sp³-hybridized carbons (Fsp3) is 0.619. The second-order valence-corrected chi connectivity index (χ2v) is 8.72. The number of carbonyl (C=O) groups is 2. The molecule has 0 spiro atoms. The summed E-state index contributed by atoms with van der Waals surface area (Å²) in [6.07, 6.45) is -3.49. The Balaban J connectivity index is 1.40. The van der Waals surface area contributed by atoms with E-state index in [0.717, 1.165) is 5.56 Å². The van der Waals surface area contributed by atoms with Gasteiger partial charge in [0.15, 0.2) is 24.0 Å². The van der Waals surface area contributed by atoms with Crippen molar-refractivity contribution in [3.63, 3.8) is 0 Å². The van der Waals surface area contributed by atoms with Crippen molar-refractivity contribution < 1.29 is 33.3 Å². The van der Waals surface area contributed by atoms with E-state index >= 15 is 0 Å². The molecule has 0 unspecified atom stereocenters. The zero-order valence-corrected chi connectivity index (χ0v) is 17.8. The van der Waals surface area contributed by atoms with Gasteiger partial charge in [0, 0.05) is 5.69 Å². The molecule has 3 saturated heterocycles. The van der Waals surface area contributed by atoms with E-state index in [4.69, 9.17) is 23.7 Å². The zero-order valence-electron chi connectivity index (χ0n) is 17.8. The van der Waals surface area contributed by atoms with Crippen LogP contribution in [0.1, 0.15) is 33.3 Å². The van der Waals surface area contributed by atoms with Crippen LogP contribution in [-0.2, 0) is 33.3 Å². The van der Waals surface area contributed by atoms with E-state index in [1.54, 1.807) is 39.8 Å². The molecule has 0 radical (unpaired) electrons. The van der Waals surface area contributed by atoms with E-state index in [1.807, 2.05) is 19.1 Å². The van der Waals surface area contributed by atoms with E-state index in [2.05, 4.69) is 10.6 Å². The Bertz CT molecular complexity index is 823. The Morgan fingerprint density at radius 1 is 0.900 bits per heavy atom. The number of nitrogens with one attached hydrogen (secondary N) is 2. The molecule has 0 saturated carbocycles. The van der Waals surface area contributed by atoms with Gasteiger partial charge < -0.3 is 34.3 Å². The molecule has 3 aliphatic heterocycles. The molecule has 9 nitrogen and oxygen atoms in total. The van der Waals surface area contributed by atoms with E-state index < -0.39 is 48.2 Å². The highest BCUT2D eigenvalue weighted by Crippen LogP contribution is 2.44. The van der Waals surface area contributed by atoms with E-state index in [9.17, 15) is 9.59 Å². The first kappa shape index (κ1) is 21.2. The van der Waals surface area contributed by atoms with Crippen LogP contribution in [0, 0.1) is 6.92 Å². The van der Waals surface area contributed by atoms with Crippen LogP contribution in [0.4, 0.5) is 5.69 Å². The SMILES string of the molecule is Cc1ccc(NC(=O)CNC(=O)[C@H]2O[C@@H]3OC(C)(C)O[C@H]3[C@H]3OC(C)(C)O[C@@H]32)cc1. The van der Waals surface area contributed by atoms with Crippen LogP contribution in [0.25, 0.3) is 0 Å². The molecule has 9 heteroatoms. The van der Waals surface area contributed by atoms with Gasteiger partial charge in [0.25, 0.3) is 5.91 Å². The number of anilines is 1. The van der Waals surface area contributed by atoms with Gasteiger partial charge in [0.1, 0.15) is 18.3 Å². The first-order valence-electron chi connectivity index (χ1n) is 10.0. The van der Waals surface area contributed by atoms with Gasteiger partial charge in [-0.05, 0) is 46.8 Å². The molecule has 164 valence electrons. The Morgan fingerprint density at radius 2 is 1.50 bits per heavy atom. The lowest BCUT2D eigenvalue weighted by atomic mass is 9.98. The highest BCUT2D eigenvalue weighted by molar-refractivity contribution is 5.95. The van der Waals surface area contributed by atoms with Crippen LogP contribution in [0.2, 0.25) is 0 Å². The predicted molar refractivity (Wildman–Crippen MR) is 105 cm³/mol. The van der Waals surface area contributed by atoms with Crippen molar-refractivity contribution in [2.45, 2.75) is 76.9 Å². The molecule has 1 aromatic rings. The topological polar surface area (TPSA) is 104 Å². The minimum Gasteiger partial charge on any atom is -0.345 e. The summed E-state index contributed by atoms with van der Waals surface area (Å²) in [7, 11) is 0. The molecular weight excluding hydrogens is 392 g/mol. The van der Waals surface area contributed by atoms with Crippen LogP contribution in [0.3, 0.4) is 0 Å². The monoisotopic (exact) mass is 420 g/mol. The molecule has 2 N–H and O–H groups in total. The molecule has 0 aromatic heterocycles. The fourth-order valence-electron chi connectivity index (χ4n) is 3.93. The van der Waals surface area contributed by atoms with Crippen molar-refractivity contribution in [2.24, 2.45) is 0 Å². The maximum absolute atomic E-state index is 12.9. The van der Waals surface area contributed by atoms with E-state index in [0.29, 0.717) is 5.69 Å². The van der Waals surface area contributed by atoms with Crippen molar-refractivity contribution in [1.82, 2.24) is 5.32 Å². The van der Waals surface area contributed by atoms with E-state index in [-0.39, 0.29) is 12.5 Å². The van der Waals surface area contributed by atoms with Crippen molar-refractivity contribution in [3.05, 3.63) is 29.8 Å². The van der Waals surface area contributed by atoms with Gasteiger partial charge in [-0.25, -0.2) is 0 Å². The first-order chi connectivity index (χ1) is 14.0. The number of benzene rings is 1. The molecule has 3 heterocycles. The molecule has 3 aliphatic rings. The number of rotatable bonds is 4. The molecule has 4 rings (SSSR count). The van der Waals surface area contributed by atoms with Crippen LogP contribution in [0.5, 0.6) is 0 Å². The van der Waals surface area contributed by atoms with Crippen molar-refractivity contribution in [2.75, 3.05) is 11.9 Å². The number of fused-ring (bicyclic) bond motifs is 3. The average molecular weight is 420 g/mol. The maximum Gasteiger partial charge on any atom is 0.252 e. The van der Waals surface area contributed by atoms with Gasteiger partial charge in [-0.1, -0.05) is 17.7 Å². The number of hydrogen-bond acceptors (Lipinski definition) is 7. The van der Waals surface area contributed by atoms with Crippen molar-refractivity contribution in [1.29, 1.82) is 0 Å². The van der Waals surface area contributed by atoms with E-state index in [1.165, 1.54) is 0 Å². The zero-order chi connectivity index (χ0) is 21.7. The minimum atomic E-state index is -0.998. The highest BCUT2D eigenvalue weighted by atomic mass is 16.9. The summed E-state index contributed by atoms with van der Waals surface area (Å²) in [5.41, 5.74) is 1.75. The molecule has 30 heavy (non-hydrogen) atoms. The predicted octanol–water partition coefficient (Wildman–Crippen LogP) is 1.45. The lowest BCUT2D eigenvalue weighted by molar-refractivity contribution is -0.231. The molecule has 1 aromatic carbocycles. The molecular formula is C21H28N2O7. The van der Waals surface area contributed by atoms with Gasteiger partial charge in [-0.15, -0.1) is 0 Å². The fourth-order valence-corrected chi connectivity index (χ4v) is 3.93. The molecule has 3 fully saturated rings. The number of ether oxygens (including phenoxy) is 5. The number of aryl methyl sites for hydroxylation is 1. The first-order valence-corrected chi connectivity index (χ1v) is 10.0. The number of hydrogen-bond donors (Lipinski definition) is 2. The summed E-state index contributed by atoms with van der Waals surface area (Å²) >= 11 is 0. The lowest BCUT2D eigenvalue weighted by Gasteiger charge is -2.36. The minimum absolute atomic E-state index is 0.203. The third-order valence-corrected chi connectivity index (χ3v) is 5.17. The third kappa shape index (κ3) is 4.35. The summed E-state index contributed by atoms with van der Waals surface area (Å²) in [4.78, 5) is 25.1. The molecule has 0 bridgehead atoms. The lowest BCUT2D eigenvalue weighted by Crippen LogP contribution is -2.59. The molecule has 0 aliphatic carbocycles. The van der Waals surface area contributed by atoms with Gasteiger partial charge >= 0.3 is 0 Å². The summed E-state index contributed by atoms with van der Waals surface area (Å²) in [6.45, 7) is 8.84. The van der Waals surface area contributed by atoms with Crippen LogP contribution in [-0.4, -0.2) is 60.6 Å². The van der Waals surface area contributed by atoms with Crippen LogP contribution >= 0.6 is 0 Å². The number of amides is 2. The Morgan fingerprint density at radius 3 is 2.20 bits per heavy atom. The van der Waals surface area contributed by atoms with Crippen molar-refractivity contribution in [3.8, 4) is 0 Å². The Labute approximate surface area is 175 Å². The summed E-state index contributed by atoms with van der Waals surface area (Å²) < 4.78 is 29.5.